The first kappa shape index (κ1) is 20.1. The Morgan fingerprint density at radius 1 is 1.18 bits per heavy atom. The van der Waals surface area contributed by atoms with Crippen molar-refractivity contribution in [3.05, 3.63) is 64.4 Å². The highest BCUT2D eigenvalue weighted by Crippen LogP contribution is 2.39. The highest BCUT2D eigenvalue weighted by Gasteiger charge is 2.31. The monoisotopic (exact) mass is 425 g/mol. The Kier molecular flexibility index (Phi) is 5.85. The Morgan fingerprint density at radius 2 is 1.96 bits per heavy atom. The molecule has 2 N–H and O–H groups in total. The molecule has 0 saturated heterocycles. The number of carbonyl (C=O) groups is 1. The standard InChI is InChI=1S/C19H14F3NO3S2/c1-26-16-5-2-11(18(24)25)8-17(16)28-23-15-9-13(19(20,21)22)3-4-14(15)12-6-7-27-10-12/h2-10,23H,1H3,(H,24,25). The number of hydrogen-bond acceptors (Lipinski definition) is 5. The minimum atomic E-state index is -4.48. The molecule has 0 atom stereocenters. The van der Waals surface area contributed by atoms with Crippen molar-refractivity contribution < 1.29 is 27.8 Å². The fourth-order valence-corrected chi connectivity index (χ4v) is 3.96. The van der Waals surface area contributed by atoms with Crippen LogP contribution in [-0.2, 0) is 6.18 Å². The summed E-state index contributed by atoms with van der Waals surface area (Å²) in [5, 5.41) is 12.8. The first-order valence-corrected chi connectivity index (χ1v) is 9.63. The predicted molar refractivity (Wildman–Crippen MR) is 104 cm³/mol. The van der Waals surface area contributed by atoms with Gasteiger partial charge in [-0.15, -0.1) is 0 Å². The summed E-state index contributed by atoms with van der Waals surface area (Å²) >= 11 is 2.42. The van der Waals surface area contributed by atoms with Crippen molar-refractivity contribution in [2.45, 2.75) is 11.1 Å². The number of carboxylic acids is 1. The molecule has 9 heteroatoms. The molecule has 0 saturated carbocycles. The van der Waals surface area contributed by atoms with Gasteiger partial charge in [-0.3, -0.25) is 0 Å². The van der Waals surface area contributed by atoms with Gasteiger partial charge in [0.15, 0.2) is 0 Å². The van der Waals surface area contributed by atoms with Crippen molar-refractivity contribution in [1.29, 1.82) is 0 Å². The largest absolute Gasteiger partial charge is 0.496 e. The molecule has 1 aromatic heterocycles. The molecule has 0 unspecified atom stereocenters. The molecule has 0 radical (unpaired) electrons. The van der Waals surface area contributed by atoms with Crippen LogP contribution in [0.1, 0.15) is 15.9 Å². The average Bonchev–Trinajstić information content (AvgIpc) is 3.19. The summed E-state index contributed by atoms with van der Waals surface area (Å²) in [6, 6.07) is 9.60. The third-order valence-electron chi connectivity index (χ3n) is 3.86. The van der Waals surface area contributed by atoms with Crippen LogP contribution in [0.25, 0.3) is 11.1 Å². The van der Waals surface area contributed by atoms with E-state index in [0.29, 0.717) is 16.2 Å². The number of carboxylic acid groups (broad SMARTS) is 1. The van der Waals surface area contributed by atoms with E-state index in [-0.39, 0.29) is 11.3 Å². The van der Waals surface area contributed by atoms with E-state index in [1.807, 2.05) is 16.8 Å². The summed E-state index contributed by atoms with van der Waals surface area (Å²) in [7, 11) is 1.43. The highest BCUT2D eigenvalue weighted by molar-refractivity contribution is 8.00. The van der Waals surface area contributed by atoms with E-state index < -0.39 is 17.7 Å². The number of thiophene rings is 1. The van der Waals surface area contributed by atoms with Gasteiger partial charge >= 0.3 is 12.1 Å². The van der Waals surface area contributed by atoms with E-state index >= 15 is 0 Å². The van der Waals surface area contributed by atoms with Gasteiger partial charge in [0.2, 0.25) is 0 Å². The Hall–Kier alpha value is -2.65. The number of anilines is 1. The number of methoxy groups -OCH3 is 1. The topological polar surface area (TPSA) is 58.6 Å². The zero-order chi connectivity index (χ0) is 20.3. The van der Waals surface area contributed by atoms with Crippen LogP contribution in [0, 0.1) is 0 Å². The molecule has 0 aliphatic carbocycles. The van der Waals surface area contributed by atoms with Crippen molar-refractivity contribution in [1.82, 2.24) is 0 Å². The van der Waals surface area contributed by atoms with Crippen molar-refractivity contribution in [2.75, 3.05) is 11.8 Å². The Labute approximate surface area is 167 Å². The molecule has 0 amide bonds. The number of ether oxygens (including phenoxy) is 1. The van der Waals surface area contributed by atoms with Crippen molar-refractivity contribution in [3.63, 3.8) is 0 Å². The molecule has 28 heavy (non-hydrogen) atoms. The summed E-state index contributed by atoms with van der Waals surface area (Å²) in [6.45, 7) is 0. The van der Waals surface area contributed by atoms with Crippen LogP contribution in [-0.4, -0.2) is 18.2 Å². The number of hydrogen-bond donors (Lipinski definition) is 2. The molecular weight excluding hydrogens is 411 g/mol. The number of benzene rings is 2. The molecule has 1 heterocycles. The fourth-order valence-electron chi connectivity index (χ4n) is 2.47. The van der Waals surface area contributed by atoms with Crippen molar-refractivity contribution in [2.24, 2.45) is 0 Å². The summed E-state index contributed by atoms with van der Waals surface area (Å²) < 4.78 is 47.6. The van der Waals surface area contributed by atoms with E-state index in [1.165, 1.54) is 42.7 Å². The maximum atomic E-state index is 13.1. The normalized spacial score (nSPS) is 11.3. The summed E-state index contributed by atoms with van der Waals surface area (Å²) in [4.78, 5) is 11.6. The first-order chi connectivity index (χ1) is 13.3. The lowest BCUT2D eigenvalue weighted by atomic mass is 10.0. The van der Waals surface area contributed by atoms with E-state index in [1.54, 1.807) is 0 Å². The van der Waals surface area contributed by atoms with Gasteiger partial charge in [0.05, 0.1) is 28.8 Å². The van der Waals surface area contributed by atoms with E-state index in [9.17, 15) is 18.0 Å². The second kappa shape index (κ2) is 8.15. The average molecular weight is 425 g/mol. The molecule has 0 spiro atoms. The number of aromatic carboxylic acids is 1. The minimum Gasteiger partial charge on any atom is -0.496 e. The molecule has 4 nitrogen and oxygen atoms in total. The van der Waals surface area contributed by atoms with Crippen LogP contribution >= 0.6 is 23.3 Å². The quantitative estimate of drug-likeness (QED) is 0.457. The molecule has 2 aromatic carbocycles. The van der Waals surface area contributed by atoms with Gasteiger partial charge in [0, 0.05) is 5.56 Å². The van der Waals surface area contributed by atoms with Crippen LogP contribution < -0.4 is 9.46 Å². The SMILES string of the molecule is COc1ccc(C(=O)O)cc1SNc1cc(C(F)(F)F)ccc1-c1ccsc1. The van der Waals surface area contributed by atoms with Gasteiger partial charge in [-0.2, -0.15) is 24.5 Å². The van der Waals surface area contributed by atoms with Gasteiger partial charge in [0.25, 0.3) is 0 Å². The molecule has 0 aliphatic heterocycles. The van der Waals surface area contributed by atoms with Crippen LogP contribution in [0.5, 0.6) is 5.75 Å². The Balaban J connectivity index is 1.97. The first-order valence-electron chi connectivity index (χ1n) is 7.87. The van der Waals surface area contributed by atoms with E-state index in [0.717, 1.165) is 29.6 Å². The van der Waals surface area contributed by atoms with Gasteiger partial charge in [-0.1, -0.05) is 6.07 Å². The van der Waals surface area contributed by atoms with Crippen LogP contribution in [0.15, 0.2) is 58.1 Å². The molecule has 0 fully saturated rings. The summed E-state index contributed by atoms with van der Waals surface area (Å²) in [6.07, 6.45) is -4.48. The maximum absolute atomic E-state index is 13.1. The summed E-state index contributed by atoms with van der Waals surface area (Å²) in [5.41, 5.74) is 0.928. The molecule has 3 rings (SSSR count). The third kappa shape index (κ3) is 4.42. The lowest BCUT2D eigenvalue weighted by molar-refractivity contribution is -0.137. The maximum Gasteiger partial charge on any atom is 0.416 e. The predicted octanol–water partition coefficient (Wildman–Crippen LogP) is 6.26. The Morgan fingerprint density at radius 3 is 2.57 bits per heavy atom. The third-order valence-corrected chi connectivity index (χ3v) is 5.40. The molecule has 0 bridgehead atoms. The zero-order valence-corrected chi connectivity index (χ0v) is 16.0. The molecule has 0 aliphatic rings. The number of halogens is 3. The minimum absolute atomic E-state index is 0.0483. The van der Waals surface area contributed by atoms with Gasteiger partial charge in [-0.05, 0) is 64.7 Å². The lowest BCUT2D eigenvalue weighted by Gasteiger charge is -2.15. The molecular formula is C19H14F3NO3S2. The van der Waals surface area contributed by atoms with Crippen LogP contribution in [0.3, 0.4) is 0 Å². The second-order valence-corrected chi connectivity index (χ2v) is 7.27. The number of alkyl halides is 3. The van der Waals surface area contributed by atoms with E-state index in [2.05, 4.69) is 4.72 Å². The van der Waals surface area contributed by atoms with Crippen molar-refractivity contribution in [3.8, 4) is 16.9 Å². The fraction of sp³-hybridized carbons (Fsp3) is 0.105. The second-order valence-electron chi connectivity index (χ2n) is 5.65. The van der Waals surface area contributed by atoms with E-state index in [4.69, 9.17) is 9.84 Å². The van der Waals surface area contributed by atoms with Gasteiger partial charge in [0.1, 0.15) is 5.75 Å². The number of nitrogens with one attached hydrogen (secondary N) is 1. The molecule has 146 valence electrons. The smallest absolute Gasteiger partial charge is 0.416 e. The van der Waals surface area contributed by atoms with Gasteiger partial charge < -0.3 is 14.6 Å². The molecule has 3 aromatic rings. The Bertz CT molecular complexity index is 989. The highest BCUT2D eigenvalue weighted by atomic mass is 32.2. The number of rotatable bonds is 6. The summed E-state index contributed by atoms with van der Waals surface area (Å²) in [5.74, 6) is -0.700. The van der Waals surface area contributed by atoms with Crippen molar-refractivity contribution >= 4 is 34.9 Å². The lowest BCUT2D eigenvalue weighted by Crippen LogP contribution is -2.06. The van der Waals surface area contributed by atoms with Crippen LogP contribution in [0.2, 0.25) is 0 Å². The van der Waals surface area contributed by atoms with Gasteiger partial charge in [-0.25, -0.2) is 4.79 Å². The zero-order valence-electron chi connectivity index (χ0n) is 14.4. The van der Waals surface area contributed by atoms with Crippen LogP contribution in [0.4, 0.5) is 18.9 Å².